The van der Waals surface area contributed by atoms with Crippen LogP contribution in [0.25, 0.3) is 0 Å². The van der Waals surface area contributed by atoms with E-state index >= 15 is 0 Å². The Bertz CT molecular complexity index is 338. The lowest BCUT2D eigenvalue weighted by atomic mass is 10.0. The van der Waals surface area contributed by atoms with Gasteiger partial charge in [0.1, 0.15) is 0 Å². The molecule has 0 saturated heterocycles. The molecule has 1 saturated carbocycles. The van der Waals surface area contributed by atoms with E-state index in [1.807, 2.05) is 24.5 Å². The summed E-state index contributed by atoms with van der Waals surface area (Å²) in [6.45, 7) is 1.48. The van der Waals surface area contributed by atoms with Crippen molar-refractivity contribution < 1.29 is 5.11 Å². The fourth-order valence-electron chi connectivity index (χ4n) is 2.99. The summed E-state index contributed by atoms with van der Waals surface area (Å²) in [5, 5.41) is 9.29. The Balaban J connectivity index is 2.16. The third-order valence-electron chi connectivity index (χ3n) is 3.87. The quantitative estimate of drug-likeness (QED) is 0.798. The van der Waals surface area contributed by atoms with Crippen molar-refractivity contribution in [1.82, 2.24) is 9.88 Å². The van der Waals surface area contributed by atoms with E-state index < -0.39 is 0 Å². The van der Waals surface area contributed by atoms with E-state index in [1.165, 1.54) is 31.2 Å². The van der Waals surface area contributed by atoms with Crippen molar-refractivity contribution in [2.75, 3.05) is 19.7 Å². The Hall–Kier alpha value is -0.970. The molecule has 4 heteroatoms. The molecule has 18 heavy (non-hydrogen) atoms. The SMILES string of the molecule is NCC(c1ccncc1)N(CCO)C1CCCC1. The van der Waals surface area contributed by atoms with E-state index in [0.717, 1.165) is 0 Å². The molecule has 3 N–H and O–H groups in total. The molecular weight excluding hydrogens is 226 g/mol. The predicted octanol–water partition coefficient (Wildman–Crippen LogP) is 1.32. The van der Waals surface area contributed by atoms with Crippen LogP contribution in [-0.4, -0.2) is 40.7 Å². The highest BCUT2D eigenvalue weighted by atomic mass is 16.3. The molecule has 1 aromatic rings. The van der Waals surface area contributed by atoms with Gasteiger partial charge in [-0.1, -0.05) is 12.8 Å². The molecular formula is C14H23N3O. The van der Waals surface area contributed by atoms with E-state index in [4.69, 9.17) is 5.73 Å². The van der Waals surface area contributed by atoms with Crippen LogP contribution in [0.2, 0.25) is 0 Å². The number of hydrogen-bond donors (Lipinski definition) is 2. The van der Waals surface area contributed by atoms with Crippen LogP contribution in [0.15, 0.2) is 24.5 Å². The van der Waals surface area contributed by atoms with Crippen molar-refractivity contribution in [3.8, 4) is 0 Å². The number of aliphatic hydroxyl groups excluding tert-OH is 1. The predicted molar refractivity (Wildman–Crippen MR) is 72.1 cm³/mol. The second-order valence-electron chi connectivity index (χ2n) is 4.93. The molecule has 1 fully saturated rings. The number of aliphatic hydroxyl groups is 1. The van der Waals surface area contributed by atoms with Crippen LogP contribution in [-0.2, 0) is 0 Å². The first kappa shape index (κ1) is 13.5. The Morgan fingerprint density at radius 3 is 2.56 bits per heavy atom. The highest BCUT2D eigenvalue weighted by Crippen LogP contribution is 2.30. The maximum Gasteiger partial charge on any atom is 0.0558 e. The molecule has 1 unspecified atom stereocenters. The average Bonchev–Trinajstić information content (AvgIpc) is 2.93. The molecule has 0 amide bonds. The van der Waals surface area contributed by atoms with E-state index in [9.17, 15) is 5.11 Å². The summed E-state index contributed by atoms with van der Waals surface area (Å²) in [4.78, 5) is 6.43. The van der Waals surface area contributed by atoms with Gasteiger partial charge in [-0.15, -0.1) is 0 Å². The second-order valence-corrected chi connectivity index (χ2v) is 4.93. The first-order valence-electron chi connectivity index (χ1n) is 6.83. The largest absolute Gasteiger partial charge is 0.395 e. The summed E-state index contributed by atoms with van der Waals surface area (Å²) in [7, 11) is 0. The number of pyridine rings is 1. The minimum Gasteiger partial charge on any atom is -0.395 e. The summed E-state index contributed by atoms with van der Waals surface area (Å²) in [6.07, 6.45) is 8.65. The monoisotopic (exact) mass is 249 g/mol. The third-order valence-corrected chi connectivity index (χ3v) is 3.87. The normalized spacial score (nSPS) is 18.4. The van der Waals surface area contributed by atoms with Crippen molar-refractivity contribution in [3.05, 3.63) is 30.1 Å². The first-order chi connectivity index (χ1) is 8.86. The fourth-order valence-corrected chi connectivity index (χ4v) is 2.99. The van der Waals surface area contributed by atoms with Gasteiger partial charge in [-0.3, -0.25) is 9.88 Å². The van der Waals surface area contributed by atoms with E-state index in [0.29, 0.717) is 19.1 Å². The highest BCUT2D eigenvalue weighted by molar-refractivity contribution is 5.16. The van der Waals surface area contributed by atoms with Gasteiger partial charge < -0.3 is 10.8 Å². The lowest BCUT2D eigenvalue weighted by Gasteiger charge is -2.35. The molecule has 0 aliphatic heterocycles. The van der Waals surface area contributed by atoms with Gasteiger partial charge in [0.15, 0.2) is 0 Å². The summed E-state index contributed by atoms with van der Waals surface area (Å²) in [5.41, 5.74) is 7.16. The molecule has 100 valence electrons. The van der Waals surface area contributed by atoms with Crippen LogP contribution in [0.3, 0.4) is 0 Å². The minimum atomic E-state index is 0.193. The Kier molecular flexibility index (Phi) is 5.11. The van der Waals surface area contributed by atoms with Gasteiger partial charge in [0.25, 0.3) is 0 Å². The molecule has 1 aromatic heterocycles. The fraction of sp³-hybridized carbons (Fsp3) is 0.643. The molecule has 0 radical (unpaired) electrons. The van der Waals surface area contributed by atoms with Gasteiger partial charge in [-0.05, 0) is 30.5 Å². The molecule has 1 atom stereocenters. The van der Waals surface area contributed by atoms with Crippen LogP contribution in [0, 0.1) is 0 Å². The number of nitrogens with zero attached hydrogens (tertiary/aromatic N) is 2. The van der Waals surface area contributed by atoms with Gasteiger partial charge in [0, 0.05) is 37.6 Å². The molecule has 0 bridgehead atoms. The molecule has 4 nitrogen and oxygen atoms in total. The number of aromatic nitrogens is 1. The van der Waals surface area contributed by atoms with Crippen LogP contribution in [0.4, 0.5) is 0 Å². The van der Waals surface area contributed by atoms with Crippen molar-refractivity contribution in [2.45, 2.75) is 37.8 Å². The van der Waals surface area contributed by atoms with Gasteiger partial charge in [-0.25, -0.2) is 0 Å². The molecule has 1 aliphatic rings. The van der Waals surface area contributed by atoms with Gasteiger partial charge >= 0.3 is 0 Å². The zero-order chi connectivity index (χ0) is 12.8. The maximum absolute atomic E-state index is 9.29. The number of nitrogens with two attached hydrogens (primary N) is 1. The summed E-state index contributed by atoms with van der Waals surface area (Å²) in [6, 6.07) is 4.82. The zero-order valence-electron chi connectivity index (χ0n) is 10.8. The number of hydrogen-bond acceptors (Lipinski definition) is 4. The summed E-state index contributed by atoms with van der Waals surface area (Å²) >= 11 is 0. The van der Waals surface area contributed by atoms with Crippen LogP contribution in [0.1, 0.15) is 37.3 Å². The molecule has 1 heterocycles. The Morgan fingerprint density at radius 2 is 2.00 bits per heavy atom. The molecule has 1 aliphatic carbocycles. The highest BCUT2D eigenvalue weighted by Gasteiger charge is 2.28. The van der Waals surface area contributed by atoms with E-state index in [2.05, 4.69) is 9.88 Å². The maximum atomic E-state index is 9.29. The lowest BCUT2D eigenvalue weighted by Crippen LogP contribution is -2.41. The summed E-state index contributed by atoms with van der Waals surface area (Å²) < 4.78 is 0. The Labute approximate surface area is 109 Å². The minimum absolute atomic E-state index is 0.193. The third kappa shape index (κ3) is 3.07. The van der Waals surface area contributed by atoms with Crippen LogP contribution >= 0.6 is 0 Å². The van der Waals surface area contributed by atoms with Crippen molar-refractivity contribution in [3.63, 3.8) is 0 Å². The standard InChI is InChI=1S/C14H23N3O/c15-11-14(12-5-7-16-8-6-12)17(9-10-18)13-3-1-2-4-13/h5-8,13-14,18H,1-4,9-11,15H2. The summed E-state index contributed by atoms with van der Waals surface area (Å²) in [5.74, 6) is 0. The lowest BCUT2D eigenvalue weighted by molar-refractivity contribution is 0.107. The first-order valence-corrected chi connectivity index (χ1v) is 6.83. The van der Waals surface area contributed by atoms with E-state index in [-0.39, 0.29) is 12.6 Å². The number of rotatable bonds is 6. The average molecular weight is 249 g/mol. The smallest absolute Gasteiger partial charge is 0.0558 e. The van der Waals surface area contributed by atoms with Gasteiger partial charge in [0.2, 0.25) is 0 Å². The van der Waals surface area contributed by atoms with Crippen molar-refractivity contribution >= 4 is 0 Å². The topological polar surface area (TPSA) is 62.4 Å². The van der Waals surface area contributed by atoms with Gasteiger partial charge in [-0.2, -0.15) is 0 Å². The van der Waals surface area contributed by atoms with Crippen LogP contribution < -0.4 is 5.73 Å². The van der Waals surface area contributed by atoms with Crippen LogP contribution in [0.5, 0.6) is 0 Å². The molecule has 0 spiro atoms. The van der Waals surface area contributed by atoms with Crippen molar-refractivity contribution in [2.24, 2.45) is 5.73 Å². The van der Waals surface area contributed by atoms with Gasteiger partial charge in [0.05, 0.1) is 6.61 Å². The Morgan fingerprint density at radius 1 is 1.33 bits per heavy atom. The zero-order valence-corrected chi connectivity index (χ0v) is 10.8. The van der Waals surface area contributed by atoms with E-state index in [1.54, 1.807) is 0 Å². The second kappa shape index (κ2) is 6.83. The van der Waals surface area contributed by atoms with Crippen molar-refractivity contribution in [1.29, 1.82) is 0 Å². The molecule has 0 aromatic carbocycles. The molecule has 2 rings (SSSR count).